The van der Waals surface area contributed by atoms with Crippen molar-refractivity contribution in [1.29, 1.82) is 0 Å². The van der Waals surface area contributed by atoms with Gasteiger partial charge in [-0.15, -0.1) is 0 Å². The highest BCUT2D eigenvalue weighted by Gasteiger charge is 2.17. The van der Waals surface area contributed by atoms with Crippen molar-refractivity contribution in [2.24, 2.45) is 5.92 Å². The van der Waals surface area contributed by atoms with Crippen molar-refractivity contribution in [2.75, 3.05) is 19.5 Å². The molecule has 1 atom stereocenters. The van der Waals surface area contributed by atoms with E-state index in [2.05, 4.69) is 19.6 Å². The highest BCUT2D eigenvalue weighted by molar-refractivity contribution is 7.62. The molecule has 0 aromatic carbocycles. The van der Waals surface area contributed by atoms with Gasteiger partial charge in [0.05, 0.1) is 7.14 Å². The van der Waals surface area contributed by atoms with Crippen LogP contribution in [-0.2, 0) is 4.57 Å². The molecule has 14 heavy (non-hydrogen) atoms. The summed E-state index contributed by atoms with van der Waals surface area (Å²) in [5.41, 5.74) is 2.62. The molecular formula is C12H21OP. The Morgan fingerprint density at radius 1 is 1.57 bits per heavy atom. The molecule has 0 bridgehead atoms. The van der Waals surface area contributed by atoms with E-state index in [-0.39, 0.29) is 0 Å². The van der Waals surface area contributed by atoms with Crippen LogP contribution in [0.15, 0.2) is 23.8 Å². The van der Waals surface area contributed by atoms with Crippen LogP contribution in [0.25, 0.3) is 0 Å². The average molecular weight is 212 g/mol. The third kappa shape index (κ3) is 3.46. The van der Waals surface area contributed by atoms with E-state index < -0.39 is 7.14 Å². The highest BCUT2D eigenvalue weighted by Crippen LogP contribution is 2.38. The van der Waals surface area contributed by atoms with Gasteiger partial charge in [-0.2, -0.15) is 0 Å². The smallest absolute Gasteiger partial charge is 0.0855 e. The Morgan fingerprint density at radius 2 is 2.21 bits per heavy atom. The highest BCUT2D eigenvalue weighted by atomic mass is 31.2. The van der Waals surface area contributed by atoms with Crippen LogP contribution in [0, 0.1) is 5.92 Å². The summed E-state index contributed by atoms with van der Waals surface area (Å²) in [5.74, 6) is 0.614. The van der Waals surface area contributed by atoms with Crippen LogP contribution in [0.5, 0.6) is 0 Å². The lowest BCUT2D eigenvalue weighted by Gasteiger charge is -2.24. The van der Waals surface area contributed by atoms with Crippen molar-refractivity contribution in [1.82, 2.24) is 0 Å². The Hall–Kier alpha value is -0.290. The molecule has 1 aliphatic carbocycles. The van der Waals surface area contributed by atoms with Gasteiger partial charge in [-0.1, -0.05) is 19.6 Å². The molecule has 0 saturated heterocycles. The average Bonchev–Trinajstić information content (AvgIpc) is 2.06. The Balaban J connectivity index is 2.67. The molecule has 1 aliphatic rings. The Morgan fingerprint density at radius 3 is 2.79 bits per heavy atom. The minimum Gasteiger partial charge on any atom is -0.324 e. The van der Waals surface area contributed by atoms with E-state index >= 15 is 0 Å². The first-order valence-electron chi connectivity index (χ1n) is 5.32. The molecule has 1 saturated carbocycles. The lowest BCUT2D eigenvalue weighted by atomic mass is 9.83. The molecule has 0 aromatic heterocycles. The number of allylic oxidation sites excluding steroid dienone is 3. The molecular weight excluding hydrogens is 191 g/mol. The fraction of sp³-hybridized carbons (Fsp3) is 0.667. The fourth-order valence-electron chi connectivity index (χ4n) is 1.81. The van der Waals surface area contributed by atoms with E-state index in [0.717, 1.165) is 12.6 Å². The normalized spacial score (nSPS) is 26.9. The Bertz CT molecular complexity index is 295. The summed E-state index contributed by atoms with van der Waals surface area (Å²) < 4.78 is 11.6. The van der Waals surface area contributed by atoms with Gasteiger partial charge < -0.3 is 4.57 Å². The molecule has 0 aromatic rings. The van der Waals surface area contributed by atoms with Crippen LogP contribution >= 0.6 is 7.14 Å². The molecule has 0 unspecified atom stereocenters. The second-order valence-corrected chi connectivity index (χ2v) is 8.32. The van der Waals surface area contributed by atoms with Gasteiger partial charge in [0.1, 0.15) is 0 Å². The maximum Gasteiger partial charge on any atom is 0.0855 e. The van der Waals surface area contributed by atoms with E-state index in [0.29, 0.717) is 5.92 Å². The molecule has 1 fully saturated rings. The Kier molecular flexibility index (Phi) is 3.78. The molecule has 1 nitrogen and oxygen atoms in total. The van der Waals surface area contributed by atoms with Crippen LogP contribution in [0.3, 0.4) is 0 Å². The van der Waals surface area contributed by atoms with Crippen LogP contribution in [0.1, 0.15) is 26.2 Å². The van der Waals surface area contributed by atoms with E-state index in [1.165, 1.54) is 24.0 Å². The van der Waals surface area contributed by atoms with Gasteiger partial charge in [0.25, 0.3) is 0 Å². The first kappa shape index (κ1) is 11.8. The predicted molar refractivity (Wildman–Crippen MR) is 64.6 cm³/mol. The molecule has 0 N–H and O–H groups in total. The predicted octanol–water partition coefficient (Wildman–Crippen LogP) is 3.91. The maximum atomic E-state index is 11.6. The molecule has 2 heteroatoms. The van der Waals surface area contributed by atoms with Gasteiger partial charge in [0.15, 0.2) is 0 Å². The van der Waals surface area contributed by atoms with Gasteiger partial charge in [-0.25, -0.2) is 0 Å². The third-order valence-corrected chi connectivity index (χ3v) is 3.93. The lowest BCUT2D eigenvalue weighted by Crippen LogP contribution is -2.08. The fourth-order valence-corrected chi connectivity index (χ4v) is 2.47. The molecule has 0 amide bonds. The summed E-state index contributed by atoms with van der Waals surface area (Å²) in [6, 6.07) is 0. The van der Waals surface area contributed by atoms with Crippen molar-refractivity contribution in [3.8, 4) is 0 Å². The lowest BCUT2D eigenvalue weighted by molar-refractivity contribution is 0.540. The summed E-state index contributed by atoms with van der Waals surface area (Å²) >= 11 is 0. The van der Waals surface area contributed by atoms with Crippen LogP contribution in [0.4, 0.5) is 0 Å². The summed E-state index contributed by atoms with van der Waals surface area (Å²) in [6.07, 6.45) is 6.52. The van der Waals surface area contributed by atoms with Crippen molar-refractivity contribution in [2.45, 2.75) is 26.2 Å². The number of hydrogen-bond acceptors (Lipinski definition) is 1. The SMILES string of the molecule is C=C1/C(=C\CP(C)(C)=O)CCC[C@@H]1C. The van der Waals surface area contributed by atoms with Crippen LogP contribution < -0.4 is 0 Å². The van der Waals surface area contributed by atoms with Gasteiger partial charge in [-0.05, 0) is 49.7 Å². The first-order chi connectivity index (χ1) is 6.40. The Labute approximate surface area is 87.7 Å². The third-order valence-electron chi connectivity index (χ3n) is 2.87. The van der Waals surface area contributed by atoms with E-state index in [1.807, 2.05) is 13.3 Å². The monoisotopic (exact) mass is 212 g/mol. The molecule has 0 aliphatic heterocycles. The van der Waals surface area contributed by atoms with Crippen LogP contribution in [-0.4, -0.2) is 19.5 Å². The topological polar surface area (TPSA) is 17.1 Å². The van der Waals surface area contributed by atoms with Crippen molar-refractivity contribution < 1.29 is 4.57 Å². The van der Waals surface area contributed by atoms with Gasteiger partial charge in [0, 0.05) is 6.16 Å². The summed E-state index contributed by atoms with van der Waals surface area (Å²) in [4.78, 5) is 0. The second-order valence-electron chi connectivity index (χ2n) is 4.80. The molecule has 80 valence electrons. The molecule has 0 radical (unpaired) electrons. The minimum absolute atomic E-state index is 0.614. The van der Waals surface area contributed by atoms with Gasteiger partial charge in [-0.3, -0.25) is 0 Å². The van der Waals surface area contributed by atoms with Crippen molar-refractivity contribution >= 4 is 7.14 Å². The van der Waals surface area contributed by atoms with E-state index in [1.54, 1.807) is 0 Å². The zero-order valence-electron chi connectivity index (χ0n) is 9.55. The quantitative estimate of drug-likeness (QED) is 0.634. The molecule has 0 spiro atoms. The number of hydrogen-bond donors (Lipinski definition) is 0. The maximum absolute atomic E-state index is 11.6. The second kappa shape index (κ2) is 4.49. The summed E-state index contributed by atoms with van der Waals surface area (Å²) in [6.45, 7) is 10.0. The van der Waals surface area contributed by atoms with Crippen molar-refractivity contribution in [3.05, 3.63) is 23.8 Å². The van der Waals surface area contributed by atoms with E-state index in [4.69, 9.17) is 0 Å². The minimum atomic E-state index is -1.90. The van der Waals surface area contributed by atoms with Gasteiger partial charge >= 0.3 is 0 Å². The van der Waals surface area contributed by atoms with Crippen LogP contribution in [0.2, 0.25) is 0 Å². The number of rotatable bonds is 2. The standard InChI is InChI=1S/C12H21OP/c1-10-6-5-7-12(11(10)2)8-9-14(3,4)13/h8,10H,2,5-7,9H2,1,3-4H3/b12-8-/t10-/m0/s1. The molecule has 1 rings (SSSR count). The molecule has 0 heterocycles. The summed E-state index contributed by atoms with van der Waals surface area (Å²) in [5, 5.41) is 0. The van der Waals surface area contributed by atoms with E-state index in [9.17, 15) is 4.57 Å². The zero-order chi connectivity index (χ0) is 10.8. The first-order valence-corrected chi connectivity index (χ1v) is 8.11. The van der Waals surface area contributed by atoms with Gasteiger partial charge in [0.2, 0.25) is 0 Å². The zero-order valence-corrected chi connectivity index (χ0v) is 10.4. The summed E-state index contributed by atoms with van der Waals surface area (Å²) in [7, 11) is -1.90. The largest absolute Gasteiger partial charge is 0.324 e. The van der Waals surface area contributed by atoms with Crippen molar-refractivity contribution in [3.63, 3.8) is 0 Å².